The van der Waals surface area contributed by atoms with E-state index in [1.807, 2.05) is 39.0 Å². The average Bonchev–Trinajstić information content (AvgIpc) is 3.17. The fraction of sp³-hybridized carbons (Fsp3) is 0.545. The first-order chi connectivity index (χ1) is 13.2. The van der Waals surface area contributed by atoms with Gasteiger partial charge in [0.15, 0.2) is 0 Å². The molecule has 0 amide bonds. The number of carbonyl (C=O) groups excluding carboxylic acids is 2. The molecular formula is C22H28O5Se. The number of cyclic esters (lactones) is 1. The fourth-order valence-electron chi connectivity index (χ4n) is 4.07. The van der Waals surface area contributed by atoms with Crippen LogP contribution in [0.5, 0.6) is 0 Å². The predicted molar refractivity (Wildman–Crippen MR) is 107 cm³/mol. The molecule has 0 aromatic heterocycles. The van der Waals surface area contributed by atoms with E-state index in [0.29, 0.717) is 0 Å². The zero-order valence-corrected chi connectivity index (χ0v) is 18.6. The first-order valence-electron chi connectivity index (χ1n) is 9.50. The number of hydrogen-bond acceptors (Lipinski definition) is 5. The van der Waals surface area contributed by atoms with Crippen LogP contribution in [0.25, 0.3) is 0 Å². The second kappa shape index (κ2) is 8.02. The second-order valence-electron chi connectivity index (χ2n) is 8.49. The van der Waals surface area contributed by atoms with Crippen LogP contribution in [-0.4, -0.2) is 45.9 Å². The number of ether oxygens (including phenoxy) is 3. The van der Waals surface area contributed by atoms with Crippen molar-refractivity contribution in [3.05, 3.63) is 43.0 Å². The van der Waals surface area contributed by atoms with E-state index in [1.54, 1.807) is 6.08 Å². The Balaban J connectivity index is 1.90. The van der Waals surface area contributed by atoms with E-state index >= 15 is 0 Å². The average molecular weight is 451 g/mol. The molecule has 0 radical (unpaired) electrons. The van der Waals surface area contributed by atoms with E-state index in [9.17, 15) is 9.59 Å². The van der Waals surface area contributed by atoms with Gasteiger partial charge in [0.05, 0.1) is 0 Å². The van der Waals surface area contributed by atoms with Crippen molar-refractivity contribution < 1.29 is 23.8 Å². The van der Waals surface area contributed by atoms with Gasteiger partial charge in [0.2, 0.25) is 0 Å². The Kier molecular flexibility index (Phi) is 6.04. The summed E-state index contributed by atoms with van der Waals surface area (Å²) in [6, 6.07) is 10.2. The van der Waals surface area contributed by atoms with Crippen molar-refractivity contribution in [1.82, 2.24) is 0 Å². The Morgan fingerprint density at radius 2 is 2.04 bits per heavy atom. The quantitative estimate of drug-likeness (QED) is 0.392. The Morgan fingerprint density at radius 3 is 2.57 bits per heavy atom. The second-order valence-corrected chi connectivity index (χ2v) is 10.8. The van der Waals surface area contributed by atoms with Gasteiger partial charge in [-0.2, -0.15) is 0 Å². The summed E-state index contributed by atoms with van der Waals surface area (Å²) in [6.45, 7) is 9.88. The third-order valence-electron chi connectivity index (χ3n) is 5.57. The van der Waals surface area contributed by atoms with Crippen LogP contribution in [0.1, 0.15) is 27.2 Å². The molecule has 0 N–H and O–H groups in total. The van der Waals surface area contributed by atoms with Crippen LogP contribution in [-0.2, 0) is 23.8 Å². The molecule has 0 bridgehead atoms. The summed E-state index contributed by atoms with van der Waals surface area (Å²) in [7, 11) is 1.39. The number of esters is 2. The summed E-state index contributed by atoms with van der Waals surface area (Å²) in [6.07, 6.45) is 1.40. The van der Waals surface area contributed by atoms with Crippen molar-refractivity contribution in [3.63, 3.8) is 0 Å². The molecule has 5 nitrogen and oxygen atoms in total. The van der Waals surface area contributed by atoms with Gasteiger partial charge < -0.3 is 0 Å². The zero-order chi connectivity index (χ0) is 20.5. The van der Waals surface area contributed by atoms with Gasteiger partial charge in [-0.15, -0.1) is 0 Å². The molecule has 3 rings (SSSR count). The number of benzene rings is 1. The van der Waals surface area contributed by atoms with Gasteiger partial charge >= 0.3 is 173 Å². The van der Waals surface area contributed by atoms with Gasteiger partial charge in [0, 0.05) is 0 Å². The summed E-state index contributed by atoms with van der Waals surface area (Å²) in [4.78, 5) is 25.5. The summed E-state index contributed by atoms with van der Waals surface area (Å²) >= 11 is 0.164. The summed E-state index contributed by atoms with van der Waals surface area (Å²) < 4.78 is 18.2. The monoisotopic (exact) mass is 452 g/mol. The van der Waals surface area contributed by atoms with Gasteiger partial charge in [0.1, 0.15) is 0 Å². The molecule has 1 saturated carbocycles. The fourth-order valence-corrected chi connectivity index (χ4v) is 6.54. The Labute approximate surface area is 173 Å². The molecule has 1 spiro atoms. The van der Waals surface area contributed by atoms with Crippen LogP contribution in [0.15, 0.2) is 43.0 Å². The van der Waals surface area contributed by atoms with Crippen LogP contribution in [0.4, 0.5) is 0 Å². The first kappa shape index (κ1) is 21.1. The van der Waals surface area contributed by atoms with Crippen LogP contribution >= 0.6 is 0 Å². The van der Waals surface area contributed by atoms with Crippen molar-refractivity contribution in [2.24, 2.45) is 23.2 Å². The zero-order valence-electron chi connectivity index (χ0n) is 16.8. The van der Waals surface area contributed by atoms with Gasteiger partial charge in [-0.3, -0.25) is 0 Å². The topological polar surface area (TPSA) is 61.8 Å². The van der Waals surface area contributed by atoms with E-state index in [2.05, 4.69) is 18.7 Å². The predicted octanol–water partition coefficient (Wildman–Crippen LogP) is 2.73. The molecule has 1 aliphatic carbocycles. The Hall–Kier alpha value is -1.62. The third-order valence-corrected chi connectivity index (χ3v) is 7.99. The molecule has 2 aliphatic rings. The molecule has 28 heavy (non-hydrogen) atoms. The molecule has 1 aromatic carbocycles. The van der Waals surface area contributed by atoms with Crippen molar-refractivity contribution in [2.75, 3.05) is 7.11 Å². The van der Waals surface area contributed by atoms with E-state index in [4.69, 9.17) is 14.2 Å². The van der Waals surface area contributed by atoms with Crippen LogP contribution in [0.2, 0.25) is 5.32 Å². The van der Waals surface area contributed by atoms with E-state index in [1.165, 1.54) is 11.6 Å². The third kappa shape index (κ3) is 3.78. The van der Waals surface area contributed by atoms with Crippen molar-refractivity contribution in [3.8, 4) is 0 Å². The standard InChI is InChI=1S/C22H28O5Se/c1-6-17-16(13-28-14-10-8-7-9-11-14)15(18(23)25-5)12-22(17)19(24)26-20(27-22)21(2,3)4/h6-11,15-17,20H,1,12-13H2,2-5H3/t15-,16-,17+,20-,22+/m0/s1. The Bertz CT molecular complexity index is 741. The normalized spacial score (nSPS) is 32.4. The number of rotatable bonds is 5. The first-order valence-corrected chi connectivity index (χ1v) is 11.6. The molecule has 5 atom stereocenters. The SMILES string of the molecule is C=C[C@@H]1[C@@H](C[Se]c2ccccc2)[C@@H](C(=O)OC)C[C@@]12O[C@@H](C(C)(C)C)OC2=O. The van der Waals surface area contributed by atoms with Crippen LogP contribution in [0.3, 0.4) is 0 Å². The molecule has 152 valence electrons. The van der Waals surface area contributed by atoms with E-state index < -0.39 is 17.8 Å². The maximum atomic E-state index is 13.0. The van der Waals surface area contributed by atoms with Crippen LogP contribution in [0, 0.1) is 23.2 Å². The van der Waals surface area contributed by atoms with Crippen molar-refractivity contribution >= 4 is 31.4 Å². The summed E-state index contributed by atoms with van der Waals surface area (Å²) in [5.41, 5.74) is -1.51. The van der Waals surface area contributed by atoms with E-state index in [-0.39, 0.29) is 50.6 Å². The molecule has 1 aliphatic heterocycles. The summed E-state index contributed by atoms with van der Waals surface area (Å²) in [5, 5.41) is 0.798. The van der Waals surface area contributed by atoms with Crippen molar-refractivity contribution in [2.45, 2.75) is 44.4 Å². The minimum absolute atomic E-state index is 0.0728. The maximum absolute atomic E-state index is 13.0. The van der Waals surface area contributed by atoms with Gasteiger partial charge in [0.25, 0.3) is 0 Å². The van der Waals surface area contributed by atoms with Crippen LogP contribution < -0.4 is 4.46 Å². The Morgan fingerprint density at radius 1 is 1.36 bits per heavy atom. The number of carbonyl (C=O) groups is 2. The molecule has 0 unspecified atom stereocenters. The van der Waals surface area contributed by atoms with Crippen molar-refractivity contribution in [1.29, 1.82) is 0 Å². The summed E-state index contributed by atoms with van der Waals surface area (Å²) in [5.74, 6) is -1.46. The molecule has 2 fully saturated rings. The molecule has 1 aromatic rings. The van der Waals surface area contributed by atoms with Gasteiger partial charge in [-0.25, -0.2) is 0 Å². The molecule has 6 heteroatoms. The number of hydrogen-bond donors (Lipinski definition) is 0. The minimum atomic E-state index is -1.16. The van der Waals surface area contributed by atoms with Gasteiger partial charge in [-0.1, -0.05) is 0 Å². The molecule has 1 heterocycles. The van der Waals surface area contributed by atoms with E-state index in [0.717, 1.165) is 5.32 Å². The molecule has 1 saturated heterocycles. The van der Waals surface area contributed by atoms with Gasteiger partial charge in [-0.05, 0) is 0 Å². The molecular weight excluding hydrogens is 423 g/mol. The number of methoxy groups -OCH3 is 1.